The van der Waals surface area contributed by atoms with Gasteiger partial charge in [-0.15, -0.1) is 0 Å². The van der Waals surface area contributed by atoms with Crippen molar-refractivity contribution >= 4 is 34.9 Å². The zero-order valence-electron chi connectivity index (χ0n) is 15.2. The van der Waals surface area contributed by atoms with Crippen molar-refractivity contribution in [1.29, 1.82) is 0 Å². The van der Waals surface area contributed by atoms with E-state index in [-0.39, 0.29) is 6.04 Å². The monoisotopic (exact) mass is 399 g/mol. The number of halogens is 1. The summed E-state index contributed by atoms with van der Waals surface area (Å²) in [6.45, 7) is 1.35. The van der Waals surface area contributed by atoms with Crippen molar-refractivity contribution in [1.82, 2.24) is 19.1 Å². The van der Waals surface area contributed by atoms with Crippen LogP contribution >= 0.6 is 11.6 Å². The summed E-state index contributed by atoms with van der Waals surface area (Å²) in [7, 11) is 1.55. The lowest BCUT2D eigenvalue weighted by Gasteiger charge is -2.34. The van der Waals surface area contributed by atoms with Gasteiger partial charge in [-0.2, -0.15) is 0 Å². The summed E-state index contributed by atoms with van der Waals surface area (Å²) in [5.74, 6) is 0.787. The molecule has 8 nitrogen and oxygen atoms in total. The number of carbonyl (C=O) groups excluding carboxylic acids is 1. The smallest absolute Gasteiger partial charge is 0.318 e. The molecule has 0 N–H and O–H groups in total. The highest BCUT2D eigenvalue weighted by atomic mass is 35.5. The van der Waals surface area contributed by atoms with E-state index >= 15 is 0 Å². The molecule has 0 bridgehead atoms. The molecule has 0 radical (unpaired) electrons. The van der Waals surface area contributed by atoms with Gasteiger partial charge < -0.3 is 9.47 Å². The maximum atomic E-state index is 12.7. The lowest BCUT2D eigenvalue weighted by molar-refractivity contribution is 0.112. The van der Waals surface area contributed by atoms with Crippen molar-refractivity contribution in [3.63, 3.8) is 0 Å². The van der Waals surface area contributed by atoms with Gasteiger partial charge in [0.2, 0.25) is 0 Å². The molecule has 0 amide bonds. The van der Waals surface area contributed by atoms with E-state index in [2.05, 4.69) is 14.9 Å². The number of fused-ring (bicyclic) bond motifs is 1. The Balaban J connectivity index is 1.66. The van der Waals surface area contributed by atoms with Crippen LogP contribution in [0.2, 0.25) is 5.02 Å². The second kappa shape index (κ2) is 7.20. The average Bonchev–Trinajstić information content (AvgIpc) is 2.73. The number of nitrogens with zero attached hydrogens (tertiary/aromatic N) is 5. The Morgan fingerprint density at radius 3 is 2.50 bits per heavy atom. The fourth-order valence-electron chi connectivity index (χ4n) is 3.65. The zero-order chi connectivity index (χ0) is 19.8. The van der Waals surface area contributed by atoms with Gasteiger partial charge in [0, 0.05) is 44.1 Å². The van der Waals surface area contributed by atoms with Gasteiger partial charge in [-0.05, 0) is 31.0 Å². The quantitative estimate of drug-likeness (QED) is 0.492. The van der Waals surface area contributed by atoms with E-state index in [0.717, 1.165) is 12.1 Å². The van der Waals surface area contributed by atoms with Crippen LogP contribution in [-0.4, -0.2) is 38.5 Å². The van der Waals surface area contributed by atoms with Gasteiger partial charge >= 0.3 is 11.1 Å². The maximum Gasteiger partial charge on any atom is 0.318 e. The highest BCUT2D eigenvalue weighted by molar-refractivity contribution is 6.31. The molecular formula is C19H18ClN5O3. The summed E-state index contributed by atoms with van der Waals surface area (Å²) in [5, 5.41) is 0.410. The highest BCUT2D eigenvalue weighted by Gasteiger charge is 2.25. The maximum absolute atomic E-state index is 12.7. The van der Waals surface area contributed by atoms with E-state index < -0.39 is 11.1 Å². The third-order valence-corrected chi connectivity index (χ3v) is 5.38. The third kappa shape index (κ3) is 3.09. The molecule has 3 aromatic heterocycles. The number of hydrogen-bond donors (Lipinski definition) is 0. The van der Waals surface area contributed by atoms with Gasteiger partial charge in [0.25, 0.3) is 0 Å². The Bertz CT molecular complexity index is 1160. The van der Waals surface area contributed by atoms with Crippen LogP contribution in [0, 0.1) is 0 Å². The summed E-state index contributed by atoms with van der Waals surface area (Å²) < 4.78 is 2.80. The van der Waals surface area contributed by atoms with E-state index in [1.807, 2.05) is 6.07 Å². The van der Waals surface area contributed by atoms with Gasteiger partial charge in [0.15, 0.2) is 11.9 Å². The summed E-state index contributed by atoms with van der Waals surface area (Å²) in [6.07, 6.45) is 5.13. The normalized spacial score (nSPS) is 15.1. The summed E-state index contributed by atoms with van der Waals surface area (Å²) in [4.78, 5) is 46.6. The molecule has 1 aliphatic rings. The number of anilines is 1. The summed E-state index contributed by atoms with van der Waals surface area (Å²) >= 11 is 6.03. The van der Waals surface area contributed by atoms with Crippen LogP contribution in [0.3, 0.4) is 0 Å². The van der Waals surface area contributed by atoms with E-state index in [4.69, 9.17) is 11.6 Å². The Labute approximate surface area is 165 Å². The third-order valence-electron chi connectivity index (χ3n) is 5.17. The first-order valence-electron chi connectivity index (χ1n) is 8.92. The van der Waals surface area contributed by atoms with Gasteiger partial charge in [-0.3, -0.25) is 19.0 Å². The molecule has 1 saturated heterocycles. The van der Waals surface area contributed by atoms with E-state index in [1.54, 1.807) is 25.4 Å². The largest absolute Gasteiger partial charge is 0.356 e. The minimum Gasteiger partial charge on any atom is -0.356 e. The first-order valence-corrected chi connectivity index (χ1v) is 9.30. The second-order valence-electron chi connectivity index (χ2n) is 6.82. The number of aryl methyl sites for hydroxylation is 1. The first-order chi connectivity index (χ1) is 13.5. The van der Waals surface area contributed by atoms with Gasteiger partial charge in [-0.1, -0.05) is 11.6 Å². The molecule has 1 fully saturated rings. The lowest BCUT2D eigenvalue weighted by atomic mass is 10.0. The zero-order valence-corrected chi connectivity index (χ0v) is 16.0. The highest BCUT2D eigenvalue weighted by Crippen LogP contribution is 2.26. The number of aldehydes is 1. The number of piperidine rings is 1. The molecule has 4 rings (SSSR count). The van der Waals surface area contributed by atoms with Crippen LogP contribution in [0.1, 0.15) is 29.2 Å². The average molecular weight is 400 g/mol. The molecule has 3 aromatic rings. The predicted octanol–water partition coefficient (Wildman–Crippen LogP) is 1.80. The van der Waals surface area contributed by atoms with E-state index in [0.29, 0.717) is 47.7 Å². The SMILES string of the molecule is Cn1c(=O)c(=O)n(C2CCN(c3ccc(C=O)cn3)CC2)c2ncc(Cl)cc21. The topological polar surface area (TPSA) is 90.1 Å². The Hall–Kier alpha value is -3.00. The molecule has 0 aromatic carbocycles. The van der Waals surface area contributed by atoms with Gasteiger partial charge in [0.1, 0.15) is 5.82 Å². The molecule has 0 aliphatic carbocycles. The Morgan fingerprint density at radius 1 is 1.11 bits per heavy atom. The van der Waals surface area contributed by atoms with Crippen molar-refractivity contribution in [3.05, 3.63) is 61.9 Å². The van der Waals surface area contributed by atoms with Crippen LogP contribution in [0.15, 0.2) is 40.2 Å². The molecule has 4 heterocycles. The lowest BCUT2D eigenvalue weighted by Crippen LogP contribution is -2.45. The van der Waals surface area contributed by atoms with Gasteiger partial charge in [-0.25, -0.2) is 9.97 Å². The molecule has 9 heteroatoms. The second-order valence-corrected chi connectivity index (χ2v) is 7.26. The van der Waals surface area contributed by atoms with Crippen molar-refractivity contribution in [2.24, 2.45) is 7.05 Å². The predicted molar refractivity (Wildman–Crippen MR) is 106 cm³/mol. The number of hydrogen-bond acceptors (Lipinski definition) is 6. The van der Waals surface area contributed by atoms with Crippen molar-refractivity contribution in [2.45, 2.75) is 18.9 Å². The molecule has 0 saturated carbocycles. The van der Waals surface area contributed by atoms with Crippen LogP contribution in [0.4, 0.5) is 5.82 Å². The van der Waals surface area contributed by atoms with Crippen molar-refractivity contribution in [3.8, 4) is 0 Å². The standard InChI is InChI=1S/C19H18ClN5O3/c1-23-15-8-13(20)10-22-17(15)25(19(28)18(23)27)14-4-6-24(7-5-14)16-3-2-12(11-26)9-21-16/h2-3,8-11,14H,4-7H2,1H3. The number of carbonyl (C=O) groups is 1. The minimum absolute atomic E-state index is 0.136. The van der Waals surface area contributed by atoms with Crippen molar-refractivity contribution in [2.75, 3.05) is 18.0 Å². The molecule has 0 spiro atoms. The van der Waals surface area contributed by atoms with E-state index in [1.165, 1.54) is 15.3 Å². The van der Waals surface area contributed by atoms with Crippen LogP contribution in [0.25, 0.3) is 11.2 Å². The number of aromatic nitrogens is 4. The first kappa shape index (κ1) is 18.4. The fraction of sp³-hybridized carbons (Fsp3) is 0.316. The Kier molecular flexibility index (Phi) is 4.72. The molecular weight excluding hydrogens is 382 g/mol. The van der Waals surface area contributed by atoms with Crippen molar-refractivity contribution < 1.29 is 4.79 Å². The van der Waals surface area contributed by atoms with Crippen LogP contribution < -0.4 is 16.0 Å². The van der Waals surface area contributed by atoms with E-state index in [9.17, 15) is 14.4 Å². The van der Waals surface area contributed by atoms with Crippen LogP contribution in [0.5, 0.6) is 0 Å². The summed E-state index contributed by atoms with van der Waals surface area (Å²) in [6, 6.07) is 5.05. The fourth-order valence-corrected chi connectivity index (χ4v) is 3.80. The molecule has 28 heavy (non-hydrogen) atoms. The number of rotatable bonds is 3. The minimum atomic E-state index is -0.592. The molecule has 1 aliphatic heterocycles. The Morgan fingerprint density at radius 2 is 1.86 bits per heavy atom. The number of pyridine rings is 2. The molecule has 144 valence electrons. The molecule has 0 atom stereocenters. The van der Waals surface area contributed by atoms with Gasteiger partial charge in [0.05, 0.1) is 10.5 Å². The molecule has 0 unspecified atom stereocenters. The van der Waals surface area contributed by atoms with Crippen LogP contribution in [-0.2, 0) is 7.05 Å². The summed E-state index contributed by atoms with van der Waals surface area (Å²) in [5.41, 5.74) is 0.359.